The van der Waals surface area contributed by atoms with Gasteiger partial charge in [-0.15, -0.1) is 0 Å². The van der Waals surface area contributed by atoms with Gasteiger partial charge in [-0.05, 0) is 30.5 Å². The zero-order valence-corrected chi connectivity index (χ0v) is 16.0. The highest BCUT2D eigenvalue weighted by Crippen LogP contribution is 2.39. The molecular weight excluding hydrogens is 342 g/mol. The van der Waals surface area contributed by atoms with Gasteiger partial charge < -0.3 is 19.1 Å². The lowest BCUT2D eigenvalue weighted by Gasteiger charge is -2.24. The summed E-state index contributed by atoms with van der Waals surface area (Å²) in [7, 11) is 4.61. The van der Waals surface area contributed by atoms with Crippen LogP contribution in [-0.4, -0.2) is 33.8 Å². The fourth-order valence-electron chi connectivity index (χ4n) is 3.23. The Kier molecular flexibility index (Phi) is 5.50. The van der Waals surface area contributed by atoms with Crippen LogP contribution in [0.3, 0.4) is 0 Å². The Bertz CT molecular complexity index is 937. The number of anilines is 1. The van der Waals surface area contributed by atoms with E-state index in [1.54, 1.807) is 17.0 Å². The number of methoxy groups -OCH3 is 3. The number of rotatable bonds is 6. The maximum Gasteiger partial charge on any atom is 0.258 e. The molecule has 0 aliphatic carbocycles. The van der Waals surface area contributed by atoms with Gasteiger partial charge in [0, 0.05) is 17.5 Å². The van der Waals surface area contributed by atoms with E-state index in [1.807, 2.05) is 49.4 Å². The van der Waals surface area contributed by atoms with Gasteiger partial charge in [-0.2, -0.15) is 0 Å². The Morgan fingerprint density at radius 2 is 1.52 bits per heavy atom. The number of benzene rings is 3. The number of hydrogen-bond donors (Lipinski definition) is 0. The van der Waals surface area contributed by atoms with Crippen LogP contribution in [0, 0.1) is 0 Å². The predicted molar refractivity (Wildman–Crippen MR) is 107 cm³/mol. The SMILES string of the molecule is CCN(C(=O)c1cc(OC)c(OC)c(OC)c1)c1cccc2ccccc12. The molecule has 0 heterocycles. The molecule has 3 rings (SSSR count). The molecule has 0 atom stereocenters. The predicted octanol–water partition coefficient (Wildman–Crippen LogP) is 4.53. The molecule has 0 fully saturated rings. The van der Waals surface area contributed by atoms with Crippen molar-refractivity contribution in [1.82, 2.24) is 0 Å². The molecule has 140 valence electrons. The van der Waals surface area contributed by atoms with Crippen molar-refractivity contribution in [3.05, 3.63) is 60.2 Å². The van der Waals surface area contributed by atoms with Crippen LogP contribution < -0.4 is 19.1 Å². The summed E-state index contributed by atoms with van der Waals surface area (Å²) in [5.74, 6) is 1.24. The topological polar surface area (TPSA) is 48.0 Å². The summed E-state index contributed by atoms with van der Waals surface area (Å²) in [6.07, 6.45) is 0. The molecule has 3 aromatic rings. The first-order chi connectivity index (χ1) is 13.1. The number of ether oxygens (including phenoxy) is 3. The fourth-order valence-corrected chi connectivity index (χ4v) is 3.23. The average Bonchev–Trinajstić information content (AvgIpc) is 2.73. The van der Waals surface area contributed by atoms with Gasteiger partial charge in [-0.1, -0.05) is 36.4 Å². The van der Waals surface area contributed by atoms with Crippen LogP contribution in [0.15, 0.2) is 54.6 Å². The molecule has 1 amide bonds. The summed E-state index contributed by atoms with van der Waals surface area (Å²) < 4.78 is 16.1. The van der Waals surface area contributed by atoms with Gasteiger partial charge in [0.25, 0.3) is 5.91 Å². The van der Waals surface area contributed by atoms with Crippen molar-refractivity contribution in [3.63, 3.8) is 0 Å². The van der Waals surface area contributed by atoms with Crippen LogP contribution in [-0.2, 0) is 0 Å². The normalized spacial score (nSPS) is 10.5. The van der Waals surface area contributed by atoms with Crippen molar-refractivity contribution in [1.29, 1.82) is 0 Å². The highest BCUT2D eigenvalue weighted by Gasteiger charge is 2.22. The minimum absolute atomic E-state index is 0.131. The summed E-state index contributed by atoms with van der Waals surface area (Å²) in [5.41, 5.74) is 1.34. The molecule has 0 aliphatic rings. The molecule has 0 aromatic heterocycles. The minimum Gasteiger partial charge on any atom is -0.493 e. The second-order valence-corrected chi connectivity index (χ2v) is 5.96. The molecule has 0 bridgehead atoms. The molecule has 0 unspecified atom stereocenters. The van der Waals surface area contributed by atoms with Crippen molar-refractivity contribution in [2.45, 2.75) is 6.92 Å². The first kappa shape index (κ1) is 18.6. The van der Waals surface area contributed by atoms with Crippen molar-refractivity contribution < 1.29 is 19.0 Å². The van der Waals surface area contributed by atoms with Gasteiger partial charge in [-0.25, -0.2) is 0 Å². The lowest BCUT2D eigenvalue weighted by molar-refractivity contribution is 0.0987. The van der Waals surface area contributed by atoms with E-state index in [2.05, 4.69) is 0 Å². The smallest absolute Gasteiger partial charge is 0.258 e. The van der Waals surface area contributed by atoms with Crippen molar-refractivity contribution in [3.8, 4) is 17.2 Å². The number of fused-ring (bicyclic) bond motifs is 1. The molecular formula is C22H23NO4. The van der Waals surface area contributed by atoms with E-state index in [0.29, 0.717) is 29.4 Å². The van der Waals surface area contributed by atoms with Crippen molar-refractivity contribution in [2.75, 3.05) is 32.8 Å². The number of amides is 1. The number of carbonyl (C=O) groups excluding carboxylic acids is 1. The van der Waals surface area contributed by atoms with E-state index in [-0.39, 0.29) is 5.91 Å². The van der Waals surface area contributed by atoms with E-state index in [9.17, 15) is 4.79 Å². The molecule has 5 heteroatoms. The summed E-state index contributed by atoms with van der Waals surface area (Å²) in [6, 6.07) is 17.3. The number of carbonyl (C=O) groups is 1. The monoisotopic (exact) mass is 365 g/mol. The van der Waals surface area contributed by atoms with E-state index < -0.39 is 0 Å². The Balaban J connectivity index is 2.10. The molecule has 0 spiro atoms. The third kappa shape index (κ3) is 3.40. The Labute approximate surface area is 159 Å². The first-order valence-corrected chi connectivity index (χ1v) is 8.74. The lowest BCUT2D eigenvalue weighted by Crippen LogP contribution is -2.30. The highest BCUT2D eigenvalue weighted by molar-refractivity contribution is 6.11. The van der Waals surface area contributed by atoms with Crippen molar-refractivity contribution in [2.24, 2.45) is 0 Å². The molecule has 0 saturated carbocycles. The van der Waals surface area contributed by atoms with Gasteiger partial charge in [-0.3, -0.25) is 4.79 Å². The Morgan fingerprint density at radius 3 is 2.11 bits per heavy atom. The molecule has 0 N–H and O–H groups in total. The molecule has 0 saturated heterocycles. The molecule has 0 aliphatic heterocycles. The summed E-state index contributed by atoms with van der Waals surface area (Å²) in [5, 5.41) is 2.12. The maximum atomic E-state index is 13.3. The summed E-state index contributed by atoms with van der Waals surface area (Å²) in [6.45, 7) is 2.49. The third-order valence-electron chi connectivity index (χ3n) is 4.53. The van der Waals surface area contributed by atoms with Crippen LogP contribution in [0.1, 0.15) is 17.3 Å². The molecule has 27 heavy (non-hydrogen) atoms. The quantitative estimate of drug-likeness (QED) is 0.644. The van der Waals surface area contributed by atoms with Gasteiger partial charge in [0.2, 0.25) is 5.75 Å². The maximum absolute atomic E-state index is 13.3. The first-order valence-electron chi connectivity index (χ1n) is 8.74. The number of nitrogens with zero attached hydrogens (tertiary/aromatic N) is 1. The summed E-state index contributed by atoms with van der Waals surface area (Å²) in [4.78, 5) is 15.1. The fraction of sp³-hybridized carbons (Fsp3) is 0.227. The molecule has 0 radical (unpaired) electrons. The van der Waals surface area contributed by atoms with Gasteiger partial charge >= 0.3 is 0 Å². The third-order valence-corrected chi connectivity index (χ3v) is 4.53. The lowest BCUT2D eigenvalue weighted by atomic mass is 10.1. The van der Waals surface area contributed by atoms with Crippen LogP contribution >= 0.6 is 0 Å². The van der Waals surface area contributed by atoms with Crippen LogP contribution in [0.25, 0.3) is 10.8 Å². The van der Waals surface area contributed by atoms with Crippen LogP contribution in [0.4, 0.5) is 5.69 Å². The van der Waals surface area contributed by atoms with E-state index in [0.717, 1.165) is 16.5 Å². The minimum atomic E-state index is -0.131. The Hall–Kier alpha value is -3.21. The number of hydrogen-bond acceptors (Lipinski definition) is 4. The van der Waals surface area contributed by atoms with Gasteiger partial charge in [0.05, 0.1) is 27.0 Å². The van der Waals surface area contributed by atoms with Crippen molar-refractivity contribution >= 4 is 22.4 Å². The van der Waals surface area contributed by atoms with E-state index in [1.165, 1.54) is 21.3 Å². The molecule has 5 nitrogen and oxygen atoms in total. The standard InChI is InChI=1S/C22H23NO4/c1-5-23(18-12-8-10-15-9-6-7-11-17(15)18)22(24)16-13-19(25-2)21(27-4)20(14-16)26-3/h6-14H,5H2,1-4H3. The van der Waals surface area contributed by atoms with Gasteiger partial charge in [0.1, 0.15) is 0 Å². The average molecular weight is 365 g/mol. The zero-order valence-electron chi connectivity index (χ0n) is 16.0. The van der Waals surface area contributed by atoms with E-state index >= 15 is 0 Å². The van der Waals surface area contributed by atoms with Crippen LogP contribution in [0.5, 0.6) is 17.2 Å². The Morgan fingerprint density at radius 1 is 0.889 bits per heavy atom. The van der Waals surface area contributed by atoms with Crippen LogP contribution in [0.2, 0.25) is 0 Å². The zero-order chi connectivity index (χ0) is 19.4. The highest BCUT2D eigenvalue weighted by atomic mass is 16.5. The summed E-state index contributed by atoms with van der Waals surface area (Å²) >= 11 is 0. The second-order valence-electron chi connectivity index (χ2n) is 5.96. The van der Waals surface area contributed by atoms with Gasteiger partial charge in [0.15, 0.2) is 11.5 Å². The second kappa shape index (κ2) is 7.99. The van der Waals surface area contributed by atoms with E-state index in [4.69, 9.17) is 14.2 Å². The largest absolute Gasteiger partial charge is 0.493 e. The molecule has 3 aromatic carbocycles.